The molecule has 1 heterocycles. The van der Waals surface area contributed by atoms with Crippen LogP contribution in [0.1, 0.15) is 50.7 Å². The molecular formula is C22H30ClN5O4. The Morgan fingerprint density at radius 2 is 1.91 bits per heavy atom. The van der Waals surface area contributed by atoms with Gasteiger partial charge in [-0.25, -0.2) is 9.78 Å². The van der Waals surface area contributed by atoms with Crippen LogP contribution < -0.4 is 5.32 Å². The van der Waals surface area contributed by atoms with E-state index in [1.807, 2.05) is 0 Å². The van der Waals surface area contributed by atoms with Gasteiger partial charge in [0.25, 0.3) is 5.91 Å². The fourth-order valence-electron chi connectivity index (χ4n) is 4.44. The third-order valence-electron chi connectivity index (χ3n) is 5.84. The van der Waals surface area contributed by atoms with Gasteiger partial charge in [-0.1, -0.05) is 11.6 Å². The Bertz CT molecular complexity index is 1030. The molecule has 0 saturated heterocycles. The molecule has 1 aromatic heterocycles. The normalized spacial score (nSPS) is 21.2. The molecule has 0 unspecified atom stereocenters. The fourth-order valence-corrected chi connectivity index (χ4v) is 4.61. The van der Waals surface area contributed by atoms with Gasteiger partial charge in [-0.2, -0.15) is 0 Å². The second kappa shape index (κ2) is 8.97. The maximum absolute atomic E-state index is 13.0. The molecule has 3 N–H and O–H groups in total. The molecule has 0 spiro atoms. The van der Waals surface area contributed by atoms with E-state index in [-0.39, 0.29) is 17.6 Å². The highest BCUT2D eigenvalue weighted by molar-refractivity contribution is 6.31. The minimum atomic E-state index is -1.09. The summed E-state index contributed by atoms with van der Waals surface area (Å²) in [6, 6.07) is 4.09. The van der Waals surface area contributed by atoms with Crippen LogP contribution in [0.4, 0.5) is 4.79 Å². The Balaban J connectivity index is 1.88. The van der Waals surface area contributed by atoms with Gasteiger partial charge in [-0.15, -0.1) is 0 Å². The average molecular weight is 464 g/mol. The zero-order valence-electron chi connectivity index (χ0n) is 19.0. The van der Waals surface area contributed by atoms with Crippen molar-refractivity contribution < 1.29 is 19.5 Å². The maximum atomic E-state index is 13.0. The largest absolute Gasteiger partial charge is 0.465 e. The SMILES string of the molecule is CN(C)C(=O)[C@H]1CC[C@H](NC(=O)c2nc3ccc(Cl)cc3[nH]2)[C@H](N(C(=O)O)C(C)(C)C)C1. The van der Waals surface area contributed by atoms with Gasteiger partial charge in [0.05, 0.1) is 17.1 Å². The Morgan fingerprint density at radius 3 is 2.50 bits per heavy atom. The van der Waals surface area contributed by atoms with Gasteiger partial charge >= 0.3 is 6.09 Å². The minimum Gasteiger partial charge on any atom is -0.465 e. The predicted octanol–water partition coefficient (Wildman–Crippen LogP) is 3.35. The first kappa shape index (κ1) is 23.8. The lowest BCUT2D eigenvalue weighted by Gasteiger charge is -2.46. The first-order chi connectivity index (χ1) is 14.9. The fraction of sp³-hybridized carbons (Fsp3) is 0.545. The lowest BCUT2D eigenvalue weighted by molar-refractivity contribution is -0.135. The molecule has 1 saturated carbocycles. The van der Waals surface area contributed by atoms with Gasteiger partial charge in [0.2, 0.25) is 5.91 Å². The number of imidazole rings is 1. The van der Waals surface area contributed by atoms with Gasteiger partial charge in [-0.05, 0) is 58.2 Å². The van der Waals surface area contributed by atoms with Crippen molar-refractivity contribution in [3.05, 3.63) is 29.0 Å². The van der Waals surface area contributed by atoms with Gasteiger partial charge in [0.1, 0.15) is 0 Å². The molecule has 2 aromatic rings. The Hall–Kier alpha value is -2.81. The van der Waals surface area contributed by atoms with Gasteiger partial charge in [0, 0.05) is 36.6 Å². The van der Waals surface area contributed by atoms with Crippen molar-refractivity contribution in [2.24, 2.45) is 5.92 Å². The highest BCUT2D eigenvalue weighted by Gasteiger charge is 2.44. The summed E-state index contributed by atoms with van der Waals surface area (Å²) in [5, 5.41) is 13.5. The number of nitrogens with one attached hydrogen (secondary N) is 2. The van der Waals surface area contributed by atoms with Crippen LogP contribution in [0, 0.1) is 5.92 Å². The van der Waals surface area contributed by atoms with Crippen LogP contribution in [0.25, 0.3) is 11.0 Å². The number of aromatic amines is 1. The highest BCUT2D eigenvalue weighted by atomic mass is 35.5. The number of hydrogen-bond donors (Lipinski definition) is 3. The summed E-state index contributed by atoms with van der Waals surface area (Å²) in [5.41, 5.74) is 0.540. The summed E-state index contributed by atoms with van der Waals surface area (Å²) >= 11 is 6.01. The molecule has 32 heavy (non-hydrogen) atoms. The minimum absolute atomic E-state index is 0.0341. The van der Waals surface area contributed by atoms with E-state index in [1.54, 1.807) is 53.1 Å². The van der Waals surface area contributed by atoms with Crippen LogP contribution in [0.3, 0.4) is 0 Å². The van der Waals surface area contributed by atoms with E-state index in [9.17, 15) is 19.5 Å². The molecule has 0 radical (unpaired) electrons. The number of aromatic nitrogens is 2. The first-order valence-electron chi connectivity index (χ1n) is 10.6. The molecule has 1 aliphatic carbocycles. The van der Waals surface area contributed by atoms with Crippen molar-refractivity contribution in [1.29, 1.82) is 0 Å². The summed E-state index contributed by atoms with van der Waals surface area (Å²) in [4.78, 5) is 48.0. The summed E-state index contributed by atoms with van der Waals surface area (Å²) in [6.45, 7) is 5.42. The number of rotatable bonds is 4. The number of benzene rings is 1. The quantitative estimate of drug-likeness (QED) is 0.642. The van der Waals surface area contributed by atoms with E-state index >= 15 is 0 Å². The number of hydrogen-bond acceptors (Lipinski definition) is 4. The Kier molecular flexibility index (Phi) is 6.69. The molecule has 1 fully saturated rings. The van der Waals surface area contributed by atoms with Crippen LogP contribution in [0.15, 0.2) is 18.2 Å². The van der Waals surface area contributed by atoms with Crippen LogP contribution >= 0.6 is 11.6 Å². The molecule has 1 aliphatic rings. The molecule has 0 aliphatic heterocycles. The van der Waals surface area contributed by atoms with Gasteiger partial charge in [0.15, 0.2) is 5.82 Å². The number of fused-ring (bicyclic) bond motifs is 1. The third-order valence-corrected chi connectivity index (χ3v) is 6.08. The van der Waals surface area contributed by atoms with Gasteiger partial charge < -0.3 is 20.3 Å². The van der Waals surface area contributed by atoms with Crippen molar-refractivity contribution in [2.75, 3.05) is 14.1 Å². The molecule has 9 nitrogen and oxygen atoms in total. The second-order valence-electron chi connectivity index (χ2n) is 9.46. The molecule has 3 rings (SSSR count). The zero-order chi connectivity index (χ0) is 23.8. The summed E-state index contributed by atoms with van der Waals surface area (Å²) < 4.78 is 0. The van der Waals surface area contributed by atoms with E-state index < -0.39 is 29.6 Å². The van der Waals surface area contributed by atoms with Gasteiger partial charge in [-0.3, -0.25) is 14.5 Å². The molecule has 10 heteroatoms. The van der Waals surface area contributed by atoms with Crippen LogP contribution in [0.2, 0.25) is 5.02 Å². The first-order valence-corrected chi connectivity index (χ1v) is 11.0. The Labute approximate surface area is 192 Å². The van der Waals surface area contributed by atoms with Crippen molar-refractivity contribution in [2.45, 2.75) is 57.7 Å². The van der Waals surface area contributed by atoms with E-state index in [2.05, 4.69) is 15.3 Å². The van der Waals surface area contributed by atoms with E-state index in [0.29, 0.717) is 35.3 Å². The smallest absolute Gasteiger partial charge is 0.408 e. The summed E-state index contributed by atoms with van der Waals surface area (Å²) in [7, 11) is 3.38. The van der Waals surface area contributed by atoms with Crippen LogP contribution in [0.5, 0.6) is 0 Å². The topological polar surface area (TPSA) is 119 Å². The molecule has 1 aromatic carbocycles. The predicted molar refractivity (Wildman–Crippen MR) is 122 cm³/mol. The maximum Gasteiger partial charge on any atom is 0.408 e. The number of H-pyrrole nitrogens is 1. The third kappa shape index (κ3) is 4.98. The number of halogens is 1. The standard InChI is InChI=1S/C22H30ClN5O4/c1-22(2,3)28(21(31)32)17-10-12(20(30)27(4)5)6-8-15(17)26-19(29)18-24-14-9-7-13(23)11-16(14)25-18/h7,9,11-12,15,17H,6,8,10H2,1-5H3,(H,24,25)(H,26,29)(H,31,32)/t12-,15-,17+/m0/s1. The lowest BCUT2D eigenvalue weighted by atomic mass is 9.79. The molecular weight excluding hydrogens is 434 g/mol. The molecule has 174 valence electrons. The Morgan fingerprint density at radius 1 is 1.22 bits per heavy atom. The van der Waals surface area contributed by atoms with E-state index in [0.717, 1.165) is 0 Å². The molecule has 3 atom stereocenters. The number of amides is 3. The summed E-state index contributed by atoms with van der Waals surface area (Å²) in [6.07, 6.45) is 0.290. The van der Waals surface area contributed by atoms with E-state index in [4.69, 9.17) is 11.6 Å². The number of carbonyl (C=O) groups excluding carboxylic acids is 2. The average Bonchev–Trinajstić information content (AvgIpc) is 3.10. The highest BCUT2D eigenvalue weighted by Crippen LogP contribution is 2.33. The van der Waals surface area contributed by atoms with Crippen LogP contribution in [-0.2, 0) is 4.79 Å². The number of carboxylic acid groups (broad SMARTS) is 1. The lowest BCUT2D eigenvalue weighted by Crippen LogP contribution is -2.62. The monoisotopic (exact) mass is 463 g/mol. The number of nitrogens with zero attached hydrogens (tertiary/aromatic N) is 3. The van der Waals surface area contributed by atoms with E-state index in [1.165, 1.54) is 9.80 Å². The number of carbonyl (C=O) groups is 3. The van der Waals surface area contributed by atoms with Crippen molar-refractivity contribution >= 4 is 40.5 Å². The van der Waals surface area contributed by atoms with Crippen LogP contribution in [-0.4, -0.2) is 74.5 Å². The zero-order valence-corrected chi connectivity index (χ0v) is 19.7. The second-order valence-corrected chi connectivity index (χ2v) is 9.90. The van der Waals surface area contributed by atoms with Crippen molar-refractivity contribution in [3.8, 4) is 0 Å². The van der Waals surface area contributed by atoms with Crippen molar-refractivity contribution in [1.82, 2.24) is 25.1 Å². The molecule has 3 amide bonds. The molecule has 0 bridgehead atoms. The summed E-state index contributed by atoms with van der Waals surface area (Å²) in [5.74, 6) is -0.636. The van der Waals surface area contributed by atoms with Crippen molar-refractivity contribution in [3.63, 3.8) is 0 Å².